The lowest BCUT2D eigenvalue weighted by Gasteiger charge is -2.14. The minimum absolute atomic E-state index is 0.0774. The van der Waals surface area contributed by atoms with Gasteiger partial charge in [0.15, 0.2) is 16.7 Å². The molecule has 3 aromatic rings. The Morgan fingerprint density at radius 2 is 2.03 bits per heavy atom. The number of aromatic nitrogens is 2. The molecule has 7 nitrogen and oxygen atoms in total. The van der Waals surface area contributed by atoms with E-state index in [4.69, 9.17) is 9.47 Å². The Morgan fingerprint density at radius 1 is 1.23 bits per heavy atom. The van der Waals surface area contributed by atoms with Crippen LogP contribution < -0.4 is 20.3 Å². The highest BCUT2D eigenvalue weighted by Gasteiger charge is 2.17. The maximum atomic E-state index is 13.2. The molecule has 8 heteroatoms. The minimum Gasteiger partial charge on any atom is -0.454 e. The topological polar surface area (TPSA) is 82.5 Å². The average Bonchev–Trinajstić information content (AvgIpc) is 3.22. The van der Waals surface area contributed by atoms with Crippen LogP contribution in [-0.2, 0) is 11.3 Å². The summed E-state index contributed by atoms with van der Waals surface area (Å²) < 4.78 is 12.4. The van der Waals surface area contributed by atoms with Gasteiger partial charge in [-0.05, 0) is 43.2 Å². The van der Waals surface area contributed by atoms with E-state index in [0.717, 1.165) is 12.0 Å². The van der Waals surface area contributed by atoms with Crippen molar-refractivity contribution >= 4 is 28.6 Å². The van der Waals surface area contributed by atoms with Gasteiger partial charge in [0.25, 0.3) is 5.56 Å². The molecule has 156 valence electrons. The first-order valence-electron chi connectivity index (χ1n) is 9.85. The number of ether oxygens (including phenoxy) is 2. The number of carbonyl (C=O) groups excluding carboxylic acids is 1. The highest BCUT2D eigenvalue weighted by molar-refractivity contribution is 7.99. The van der Waals surface area contributed by atoms with Gasteiger partial charge in [-0.1, -0.05) is 36.9 Å². The van der Waals surface area contributed by atoms with Crippen LogP contribution in [0.2, 0.25) is 0 Å². The van der Waals surface area contributed by atoms with Gasteiger partial charge in [-0.25, -0.2) is 4.98 Å². The first-order chi connectivity index (χ1) is 14.5. The zero-order valence-electron chi connectivity index (χ0n) is 16.9. The van der Waals surface area contributed by atoms with Crippen molar-refractivity contribution in [3.8, 4) is 11.5 Å². The number of thioether (sulfide) groups is 1. The van der Waals surface area contributed by atoms with Crippen molar-refractivity contribution in [3.05, 3.63) is 58.4 Å². The molecule has 0 fully saturated rings. The van der Waals surface area contributed by atoms with Gasteiger partial charge in [-0.3, -0.25) is 14.2 Å². The van der Waals surface area contributed by atoms with Crippen molar-refractivity contribution in [1.29, 1.82) is 0 Å². The van der Waals surface area contributed by atoms with E-state index in [0.29, 0.717) is 34.1 Å². The average molecular weight is 426 g/mol. The second-order valence-electron chi connectivity index (χ2n) is 7.16. The summed E-state index contributed by atoms with van der Waals surface area (Å²) in [6, 6.07) is 13.0. The van der Waals surface area contributed by atoms with E-state index in [9.17, 15) is 9.59 Å². The Hall–Kier alpha value is -3.00. The zero-order chi connectivity index (χ0) is 21.1. The molecule has 1 aromatic heterocycles. The van der Waals surface area contributed by atoms with Crippen LogP contribution >= 0.6 is 11.8 Å². The number of carbonyl (C=O) groups is 1. The van der Waals surface area contributed by atoms with Crippen LogP contribution in [0.15, 0.2) is 52.4 Å². The van der Waals surface area contributed by atoms with Gasteiger partial charge >= 0.3 is 0 Å². The van der Waals surface area contributed by atoms with Crippen LogP contribution in [0, 0.1) is 0 Å². The first-order valence-corrected chi connectivity index (χ1v) is 10.8. The second-order valence-corrected chi connectivity index (χ2v) is 8.10. The van der Waals surface area contributed by atoms with Gasteiger partial charge in [0, 0.05) is 6.04 Å². The Kier molecular flexibility index (Phi) is 5.94. The normalized spacial score (nSPS) is 13.4. The molecule has 0 saturated heterocycles. The minimum atomic E-state index is -0.136. The predicted octanol–water partition coefficient (Wildman–Crippen LogP) is 3.18. The molecule has 0 spiro atoms. The zero-order valence-corrected chi connectivity index (χ0v) is 17.7. The van der Waals surface area contributed by atoms with E-state index in [2.05, 4.69) is 10.3 Å². The van der Waals surface area contributed by atoms with Gasteiger partial charge in [0.2, 0.25) is 12.7 Å². The Bertz CT molecular complexity index is 1140. The summed E-state index contributed by atoms with van der Waals surface area (Å²) in [6.07, 6.45) is 0.861. The fourth-order valence-electron chi connectivity index (χ4n) is 3.17. The molecule has 1 N–H and O–H groups in total. The SMILES string of the molecule is CC[C@H](C)NC(=O)CSc1nc2ccccc2c(=O)n1Cc1ccc2c(c1)OCO2. The quantitative estimate of drug-likeness (QED) is 0.462. The molecular weight excluding hydrogens is 402 g/mol. The van der Waals surface area contributed by atoms with Gasteiger partial charge in [0.1, 0.15) is 0 Å². The highest BCUT2D eigenvalue weighted by atomic mass is 32.2. The molecule has 1 aliphatic heterocycles. The van der Waals surface area contributed by atoms with Crippen molar-refractivity contribution in [3.63, 3.8) is 0 Å². The molecule has 4 rings (SSSR count). The summed E-state index contributed by atoms with van der Waals surface area (Å²) in [4.78, 5) is 30.1. The smallest absolute Gasteiger partial charge is 0.262 e. The number of nitrogens with zero attached hydrogens (tertiary/aromatic N) is 2. The van der Waals surface area contributed by atoms with Crippen molar-refractivity contribution in [1.82, 2.24) is 14.9 Å². The summed E-state index contributed by atoms with van der Waals surface area (Å²) in [7, 11) is 0. The standard InChI is InChI=1S/C22H23N3O4S/c1-3-14(2)23-20(26)12-30-22-24-17-7-5-4-6-16(17)21(27)25(22)11-15-8-9-18-19(10-15)29-13-28-18/h4-10,14H,3,11-13H2,1-2H3,(H,23,26)/t14-/m0/s1. The lowest BCUT2D eigenvalue weighted by Crippen LogP contribution is -2.33. The number of fused-ring (bicyclic) bond motifs is 2. The van der Waals surface area contributed by atoms with Gasteiger partial charge in [-0.15, -0.1) is 0 Å². The Balaban J connectivity index is 1.66. The second kappa shape index (κ2) is 8.79. The number of para-hydroxylation sites is 1. The largest absolute Gasteiger partial charge is 0.454 e. The number of benzene rings is 2. The van der Waals surface area contributed by atoms with E-state index in [1.165, 1.54) is 11.8 Å². The van der Waals surface area contributed by atoms with E-state index < -0.39 is 0 Å². The van der Waals surface area contributed by atoms with Crippen molar-refractivity contribution < 1.29 is 14.3 Å². The number of nitrogens with one attached hydrogen (secondary N) is 1. The molecule has 1 amide bonds. The van der Waals surface area contributed by atoms with Gasteiger partial charge < -0.3 is 14.8 Å². The lowest BCUT2D eigenvalue weighted by atomic mass is 10.2. The number of amides is 1. The Morgan fingerprint density at radius 3 is 2.87 bits per heavy atom. The predicted molar refractivity (Wildman–Crippen MR) is 116 cm³/mol. The number of rotatable bonds is 7. The summed E-state index contributed by atoms with van der Waals surface area (Å²) in [5, 5.41) is 4.00. The molecule has 1 atom stereocenters. The van der Waals surface area contributed by atoms with Crippen molar-refractivity contribution in [2.75, 3.05) is 12.5 Å². The fourth-order valence-corrected chi connectivity index (χ4v) is 3.98. The summed E-state index contributed by atoms with van der Waals surface area (Å²) in [6.45, 7) is 4.50. The van der Waals surface area contributed by atoms with Crippen LogP contribution in [-0.4, -0.2) is 34.0 Å². The molecule has 30 heavy (non-hydrogen) atoms. The molecule has 2 aromatic carbocycles. The monoisotopic (exact) mass is 425 g/mol. The summed E-state index contributed by atoms with van der Waals surface area (Å²) in [5.74, 6) is 1.47. The van der Waals surface area contributed by atoms with Crippen LogP contribution in [0.4, 0.5) is 0 Å². The third-order valence-corrected chi connectivity index (χ3v) is 5.93. The van der Waals surface area contributed by atoms with Crippen molar-refractivity contribution in [2.24, 2.45) is 0 Å². The maximum Gasteiger partial charge on any atom is 0.262 e. The molecule has 0 radical (unpaired) electrons. The molecule has 0 unspecified atom stereocenters. The summed E-state index contributed by atoms with van der Waals surface area (Å²) >= 11 is 1.27. The van der Waals surface area contributed by atoms with Gasteiger partial charge in [0.05, 0.1) is 23.2 Å². The first kappa shape index (κ1) is 20.3. The van der Waals surface area contributed by atoms with Crippen molar-refractivity contribution in [2.45, 2.75) is 38.0 Å². The third kappa shape index (κ3) is 4.28. The summed E-state index contributed by atoms with van der Waals surface area (Å²) in [5.41, 5.74) is 1.38. The molecule has 0 aliphatic carbocycles. The fraction of sp³-hybridized carbons (Fsp3) is 0.318. The number of hydrogen-bond acceptors (Lipinski definition) is 6. The molecular formula is C22H23N3O4S. The van der Waals surface area contributed by atoms with Crippen LogP contribution in [0.1, 0.15) is 25.8 Å². The van der Waals surface area contributed by atoms with Crippen LogP contribution in [0.3, 0.4) is 0 Å². The van der Waals surface area contributed by atoms with E-state index in [1.54, 1.807) is 10.6 Å². The van der Waals surface area contributed by atoms with E-state index in [-0.39, 0.29) is 30.1 Å². The highest BCUT2D eigenvalue weighted by Crippen LogP contribution is 2.33. The molecule has 2 heterocycles. The molecule has 0 bridgehead atoms. The van der Waals surface area contributed by atoms with E-state index in [1.807, 2.05) is 50.2 Å². The Labute approximate surface area is 178 Å². The van der Waals surface area contributed by atoms with E-state index >= 15 is 0 Å². The molecule has 1 aliphatic rings. The molecule has 0 saturated carbocycles. The third-order valence-electron chi connectivity index (χ3n) is 4.96. The van der Waals surface area contributed by atoms with Gasteiger partial charge in [-0.2, -0.15) is 0 Å². The van der Waals surface area contributed by atoms with Crippen LogP contribution in [0.25, 0.3) is 10.9 Å². The lowest BCUT2D eigenvalue weighted by molar-refractivity contribution is -0.119. The maximum absolute atomic E-state index is 13.2. The van der Waals surface area contributed by atoms with Crippen LogP contribution in [0.5, 0.6) is 11.5 Å². The number of hydrogen-bond donors (Lipinski definition) is 1.